The van der Waals surface area contributed by atoms with E-state index >= 15 is 0 Å². The minimum Gasteiger partial charge on any atom is -0.453 e. The number of sulfonamides is 1. The Labute approximate surface area is 223 Å². The molecule has 11 heteroatoms. The summed E-state index contributed by atoms with van der Waals surface area (Å²) in [7, 11) is -2.32. The Hall–Kier alpha value is -2.63. The van der Waals surface area contributed by atoms with Crippen molar-refractivity contribution < 1.29 is 27.1 Å². The Morgan fingerprint density at radius 1 is 1.18 bits per heavy atom. The fourth-order valence-electron chi connectivity index (χ4n) is 6.74. The average Bonchev–Trinajstić information content (AvgIpc) is 3.36. The van der Waals surface area contributed by atoms with E-state index in [0.29, 0.717) is 29.6 Å². The smallest absolute Gasteiger partial charge is 0.410 e. The Morgan fingerprint density at radius 3 is 2.55 bits per heavy atom. The number of hydrogen-bond donors (Lipinski definition) is 1. The number of rotatable bonds is 8. The summed E-state index contributed by atoms with van der Waals surface area (Å²) in [5.74, 6) is 0.828. The second-order valence-corrected chi connectivity index (χ2v) is 12.6. The largest absolute Gasteiger partial charge is 0.453 e. The molecular formula is C27H35FN4O5S. The number of fused-ring (bicyclic) bond motifs is 1. The lowest BCUT2D eigenvalue weighted by molar-refractivity contribution is -0.0103. The molecule has 2 heterocycles. The van der Waals surface area contributed by atoms with Gasteiger partial charge in [0.25, 0.3) is 0 Å². The van der Waals surface area contributed by atoms with E-state index in [0.717, 1.165) is 19.3 Å². The van der Waals surface area contributed by atoms with Crippen molar-refractivity contribution in [1.82, 2.24) is 19.6 Å². The van der Waals surface area contributed by atoms with Gasteiger partial charge < -0.3 is 9.47 Å². The van der Waals surface area contributed by atoms with Crippen LogP contribution in [0, 0.1) is 17.7 Å². The quantitative estimate of drug-likeness (QED) is 0.540. The minimum absolute atomic E-state index is 0.0319. The van der Waals surface area contributed by atoms with Crippen molar-refractivity contribution in [2.45, 2.75) is 74.9 Å². The highest BCUT2D eigenvalue weighted by Crippen LogP contribution is 2.66. The maximum Gasteiger partial charge on any atom is 0.410 e. The zero-order valence-electron chi connectivity index (χ0n) is 21.9. The lowest BCUT2D eigenvalue weighted by atomic mass is 9.85. The van der Waals surface area contributed by atoms with Gasteiger partial charge in [-0.15, -0.1) is 0 Å². The third-order valence-corrected chi connectivity index (χ3v) is 10.1. The highest BCUT2D eigenvalue weighted by Gasteiger charge is 2.66. The molecule has 3 fully saturated rings. The van der Waals surface area contributed by atoms with Crippen LogP contribution in [-0.4, -0.2) is 67.3 Å². The fraction of sp³-hybridized carbons (Fsp3) is 0.593. The highest BCUT2D eigenvalue weighted by atomic mass is 32.2. The molecule has 2 aromatic rings. The Kier molecular flexibility index (Phi) is 7.45. The van der Waals surface area contributed by atoms with Crippen molar-refractivity contribution in [3.63, 3.8) is 0 Å². The summed E-state index contributed by atoms with van der Waals surface area (Å²) in [5, 5.41) is 0. The molecule has 0 radical (unpaired) electrons. The zero-order chi connectivity index (χ0) is 27.1. The van der Waals surface area contributed by atoms with Crippen LogP contribution >= 0.6 is 0 Å². The highest BCUT2D eigenvalue weighted by molar-refractivity contribution is 7.88. The number of halogens is 1. The second-order valence-electron chi connectivity index (χ2n) is 10.9. The van der Waals surface area contributed by atoms with Crippen LogP contribution in [0.25, 0.3) is 0 Å². The van der Waals surface area contributed by atoms with E-state index in [-0.39, 0.29) is 29.9 Å². The predicted octanol–water partition coefficient (Wildman–Crippen LogP) is 3.41. The summed E-state index contributed by atoms with van der Waals surface area (Å²) in [6.07, 6.45) is 4.82. The number of nitrogens with one attached hydrogen (secondary N) is 1. The standard InChI is InChI=1S/C27H35FN4O5S/c1-17-11-23(31-38(34,35)16-19-7-5-4-6-8-19)24(32(17)26(33)36-3)15-37-21-9-10-27(18(2)22(27)12-21)25-29-13-20(28)14-30-25/h4-8,13-14,17-18,21-24,31H,9-12,15-16H2,1-3H3/t17-,18+,21+,22-,23+,24+,27-/m0/s1. The van der Waals surface area contributed by atoms with Crippen LogP contribution < -0.4 is 4.72 Å². The Bertz CT molecular complexity index is 1250. The van der Waals surface area contributed by atoms with E-state index in [1.807, 2.05) is 13.0 Å². The van der Waals surface area contributed by atoms with E-state index in [1.54, 1.807) is 29.2 Å². The van der Waals surface area contributed by atoms with Crippen LogP contribution in [0.5, 0.6) is 0 Å². The van der Waals surface area contributed by atoms with Crippen molar-refractivity contribution in [3.8, 4) is 0 Å². The van der Waals surface area contributed by atoms with Gasteiger partial charge in [-0.2, -0.15) is 0 Å². The normalized spacial score (nSPS) is 32.6. The number of aromatic nitrogens is 2. The van der Waals surface area contributed by atoms with Crippen molar-refractivity contribution in [1.29, 1.82) is 0 Å². The van der Waals surface area contributed by atoms with Crippen LogP contribution in [0.15, 0.2) is 42.7 Å². The molecule has 2 saturated carbocycles. The predicted molar refractivity (Wildman–Crippen MR) is 138 cm³/mol. The van der Waals surface area contributed by atoms with Crippen LogP contribution in [-0.2, 0) is 30.7 Å². The van der Waals surface area contributed by atoms with Crippen LogP contribution in [0.4, 0.5) is 9.18 Å². The Balaban J connectivity index is 1.25. The number of amides is 1. The van der Waals surface area contributed by atoms with Gasteiger partial charge >= 0.3 is 6.09 Å². The third-order valence-electron chi connectivity index (χ3n) is 8.71. The molecule has 1 aromatic heterocycles. The van der Waals surface area contributed by atoms with Gasteiger partial charge in [-0.25, -0.2) is 32.3 Å². The van der Waals surface area contributed by atoms with Gasteiger partial charge in [0.1, 0.15) is 5.82 Å². The Morgan fingerprint density at radius 2 is 1.89 bits per heavy atom. The maximum absolute atomic E-state index is 13.4. The van der Waals surface area contributed by atoms with Gasteiger partial charge in [0.15, 0.2) is 5.82 Å². The molecule has 9 nitrogen and oxygen atoms in total. The molecule has 1 amide bonds. The number of nitrogens with zero attached hydrogens (tertiary/aromatic N) is 3. The van der Waals surface area contributed by atoms with Gasteiger partial charge in [0.05, 0.1) is 44.0 Å². The monoisotopic (exact) mass is 546 g/mol. The molecule has 38 heavy (non-hydrogen) atoms. The van der Waals surface area contributed by atoms with Crippen molar-refractivity contribution >= 4 is 16.1 Å². The van der Waals surface area contributed by atoms with E-state index < -0.39 is 34.0 Å². The molecule has 1 saturated heterocycles. The van der Waals surface area contributed by atoms with Crippen molar-refractivity contribution in [2.75, 3.05) is 13.7 Å². The third kappa shape index (κ3) is 5.15. The molecule has 5 rings (SSSR count). The molecular weight excluding hydrogens is 511 g/mol. The number of hydrogen-bond acceptors (Lipinski definition) is 7. The molecule has 1 aromatic carbocycles. The summed E-state index contributed by atoms with van der Waals surface area (Å²) < 4.78 is 53.6. The SMILES string of the molecule is COC(=O)N1[C@H](CO[C@@H]2CC[C@]3(c4ncc(F)cn4)[C@H](C)[C@@H]3C2)[C@H](NS(=O)(=O)Cc2ccccc2)C[C@@H]1C. The van der Waals surface area contributed by atoms with Gasteiger partial charge in [-0.05, 0) is 50.0 Å². The molecule has 0 bridgehead atoms. The lowest BCUT2D eigenvalue weighted by Crippen LogP contribution is -2.50. The van der Waals surface area contributed by atoms with Gasteiger partial charge in [0.2, 0.25) is 10.0 Å². The number of carbonyl (C=O) groups is 1. The van der Waals surface area contributed by atoms with Crippen LogP contribution in [0.3, 0.4) is 0 Å². The lowest BCUT2D eigenvalue weighted by Gasteiger charge is -2.32. The first kappa shape index (κ1) is 27.0. The zero-order valence-corrected chi connectivity index (χ0v) is 22.7. The average molecular weight is 547 g/mol. The summed E-state index contributed by atoms with van der Waals surface area (Å²) in [6, 6.07) is 7.81. The van der Waals surface area contributed by atoms with Gasteiger partial charge in [0, 0.05) is 17.5 Å². The molecule has 1 N–H and O–H groups in total. The maximum atomic E-state index is 13.4. The first-order valence-corrected chi connectivity index (χ1v) is 14.8. The summed E-state index contributed by atoms with van der Waals surface area (Å²) in [5.41, 5.74) is 0.557. The fourth-order valence-corrected chi connectivity index (χ4v) is 8.17. The van der Waals surface area contributed by atoms with Gasteiger partial charge in [-0.3, -0.25) is 4.90 Å². The molecule has 2 aliphatic carbocycles. The first-order valence-electron chi connectivity index (χ1n) is 13.1. The summed E-state index contributed by atoms with van der Waals surface area (Å²) in [4.78, 5) is 22.8. The molecule has 7 atom stereocenters. The van der Waals surface area contributed by atoms with Gasteiger partial charge in [-0.1, -0.05) is 37.3 Å². The van der Waals surface area contributed by atoms with Crippen molar-refractivity contribution in [3.05, 3.63) is 59.9 Å². The minimum atomic E-state index is -3.65. The molecule has 0 spiro atoms. The summed E-state index contributed by atoms with van der Waals surface area (Å²) in [6.45, 7) is 4.26. The van der Waals surface area contributed by atoms with Crippen molar-refractivity contribution in [2.24, 2.45) is 11.8 Å². The number of likely N-dealkylation sites (tertiary alicyclic amines) is 1. The van der Waals surface area contributed by atoms with E-state index in [1.165, 1.54) is 19.5 Å². The molecule has 206 valence electrons. The first-order chi connectivity index (χ1) is 18.1. The van der Waals surface area contributed by atoms with E-state index in [9.17, 15) is 17.6 Å². The second kappa shape index (κ2) is 10.5. The number of methoxy groups -OCH3 is 1. The molecule has 0 unspecified atom stereocenters. The number of carbonyl (C=O) groups excluding carboxylic acids is 1. The topological polar surface area (TPSA) is 111 Å². The number of ether oxygens (including phenoxy) is 2. The summed E-state index contributed by atoms with van der Waals surface area (Å²) >= 11 is 0. The van der Waals surface area contributed by atoms with E-state index in [2.05, 4.69) is 21.6 Å². The van der Waals surface area contributed by atoms with E-state index in [4.69, 9.17) is 9.47 Å². The molecule has 3 aliphatic rings. The molecule has 1 aliphatic heterocycles. The number of benzene rings is 1. The van der Waals surface area contributed by atoms with Crippen LogP contribution in [0.1, 0.15) is 50.9 Å². The van der Waals surface area contributed by atoms with Crippen LogP contribution in [0.2, 0.25) is 0 Å².